The lowest BCUT2D eigenvalue weighted by Gasteiger charge is -2.27. The molecule has 4 aromatic rings. The number of aromatic amines is 2. The second-order valence-corrected chi connectivity index (χ2v) is 7.76. The van der Waals surface area contributed by atoms with Gasteiger partial charge in [-0.05, 0) is 24.3 Å². The Labute approximate surface area is 178 Å². The minimum atomic E-state index is -0.192. The van der Waals surface area contributed by atoms with E-state index in [0.717, 1.165) is 27.9 Å². The molecule has 0 atom stereocenters. The Balaban J connectivity index is 1.35. The van der Waals surface area contributed by atoms with E-state index in [0.29, 0.717) is 37.4 Å². The fourth-order valence-electron chi connectivity index (χ4n) is 3.99. The van der Waals surface area contributed by atoms with Gasteiger partial charge in [0.1, 0.15) is 5.69 Å². The molecule has 31 heavy (non-hydrogen) atoms. The summed E-state index contributed by atoms with van der Waals surface area (Å²) in [7, 11) is 1.73. The van der Waals surface area contributed by atoms with Crippen molar-refractivity contribution >= 4 is 22.7 Å². The minimum Gasteiger partial charge on any atom is -0.351 e. The predicted octanol–water partition coefficient (Wildman–Crippen LogP) is 2.76. The first-order valence-corrected chi connectivity index (χ1v) is 10.2. The third-order valence-electron chi connectivity index (χ3n) is 5.66. The van der Waals surface area contributed by atoms with Gasteiger partial charge in [0.05, 0.1) is 18.8 Å². The summed E-state index contributed by atoms with van der Waals surface area (Å²) in [4.78, 5) is 37.0. The molecule has 3 aromatic heterocycles. The summed E-state index contributed by atoms with van der Waals surface area (Å²) < 4.78 is 0. The van der Waals surface area contributed by atoms with Crippen LogP contribution in [0.4, 0.5) is 0 Å². The maximum atomic E-state index is 13.1. The van der Waals surface area contributed by atoms with Crippen LogP contribution in [0.1, 0.15) is 37.9 Å². The quantitative estimate of drug-likeness (QED) is 0.537. The SMILES string of the molecule is CN(Cc1ccccn1)C(=O)c1n[nH]c2c1CN(C(=O)c1cc3ccccc3[nH]1)CC2. The van der Waals surface area contributed by atoms with Gasteiger partial charge in [-0.1, -0.05) is 24.3 Å². The van der Waals surface area contributed by atoms with E-state index in [1.165, 1.54) is 0 Å². The average Bonchev–Trinajstić information content (AvgIpc) is 3.42. The molecule has 0 radical (unpaired) electrons. The molecule has 0 saturated heterocycles. The van der Waals surface area contributed by atoms with Crippen LogP contribution in [0.15, 0.2) is 54.7 Å². The number of carbonyl (C=O) groups is 2. The Kier molecular flexibility index (Phi) is 4.74. The number of H-pyrrole nitrogens is 2. The standard InChI is InChI=1S/C23H22N6O2/c1-28(13-16-7-4-5-10-24-16)23(31)21-17-14-29(11-9-19(17)26-27-21)22(30)20-12-15-6-2-3-8-18(15)25-20/h2-8,10,12,25H,9,11,13-14H2,1H3,(H,26,27). The highest BCUT2D eigenvalue weighted by atomic mass is 16.2. The monoisotopic (exact) mass is 414 g/mol. The molecule has 5 rings (SSSR count). The van der Waals surface area contributed by atoms with Gasteiger partial charge in [-0.15, -0.1) is 0 Å². The Bertz CT molecular complexity index is 1230. The molecule has 1 aliphatic heterocycles. The van der Waals surface area contributed by atoms with Crippen molar-refractivity contribution in [2.24, 2.45) is 0 Å². The number of hydrogen-bond acceptors (Lipinski definition) is 4. The van der Waals surface area contributed by atoms with Crippen LogP contribution in [0.25, 0.3) is 10.9 Å². The smallest absolute Gasteiger partial charge is 0.274 e. The van der Waals surface area contributed by atoms with Crippen LogP contribution in [0, 0.1) is 0 Å². The van der Waals surface area contributed by atoms with E-state index in [-0.39, 0.29) is 11.8 Å². The van der Waals surface area contributed by atoms with Crippen LogP contribution in [0.3, 0.4) is 0 Å². The van der Waals surface area contributed by atoms with Crippen LogP contribution >= 0.6 is 0 Å². The topological polar surface area (TPSA) is 98.0 Å². The number of nitrogens with zero attached hydrogens (tertiary/aromatic N) is 4. The summed E-state index contributed by atoms with van der Waals surface area (Å²) in [6.07, 6.45) is 2.34. The molecule has 4 heterocycles. The van der Waals surface area contributed by atoms with Crippen LogP contribution in [-0.4, -0.2) is 55.4 Å². The number of hydrogen-bond donors (Lipinski definition) is 2. The second kappa shape index (κ2) is 7.71. The van der Waals surface area contributed by atoms with E-state index in [1.54, 1.807) is 23.0 Å². The van der Waals surface area contributed by atoms with Crippen LogP contribution in [0.2, 0.25) is 0 Å². The van der Waals surface area contributed by atoms with Crippen molar-refractivity contribution in [3.63, 3.8) is 0 Å². The molecule has 1 aromatic carbocycles. The summed E-state index contributed by atoms with van der Waals surface area (Å²) >= 11 is 0. The fraction of sp³-hybridized carbons (Fsp3) is 0.217. The highest BCUT2D eigenvalue weighted by molar-refractivity contribution is 5.98. The maximum absolute atomic E-state index is 13.1. The minimum absolute atomic E-state index is 0.0803. The summed E-state index contributed by atoms with van der Waals surface area (Å²) in [5.74, 6) is -0.272. The number of para-hydroxylation sites is 1. The molecule has 1 aliphatic rings. The molecule has 0 bridgehead atoms. The highest BCUT2D eigenvalue weighted by Crippen LogP contribution is 2.24. The van der Waals surface area contributed by atoms with Gasteiger partial charge in [-0.2, -0.15) is 5.10 Å². The van der Waals surface area contributed by atoms with E-state index in [9.17, 15) is 9.59 Å². The number of aromatic nitrogens is 4. The zero-order chi connectivity index (χ0) is 21.4. The van der Waals surface area contributed by atoms with Crippen molar-refractivity contribution in [2.75, 3.05) is 13.6 Å². The first-order valence-electron chi connectivity index (χ1n) is 10.2. The van der Waals surface area contributed by atoms with Crippen molar-refractivity contribution in [3.05, 3.63) is 83.1 Å². The van der Waals surface area contributed by atoms with E-state index in [4.69, 9.17) is 0 Å². The summed E-state index contributed by atoms with van der Waals surface area (Å²) in [5, 5.41) is 8.27. The number of amides is 2. The maximum Gasteiger partial charge on any atom is 0.274 e. The molecule has 156 valence electrons. The van der Waals surface area contributed by atoms with Gasteiger partial charge in [0.25, 0.3) is 11.8 Å². The summed E-state index contributed by atoms with van der Waals surface area (Å²) in [5.41, 5.74) is 4.34. The number of fused-ring (bicyclic) bond motifs is 2. The number of nitrogens with one attached hydrogen (secondary N) is 2. The summed E-state index contributed by atoms with van der Waals surface area (Å²) in [6, 6.07) is 15.3. The number of rotatable bonds is 4. The molecular formula is C23H22N6O2. The van der Waals surface area contributed by atoms with Gasteiger partial charge >= 0.3 is 0 Å². The van der Waals surface area contributed by atoms with Gasteiger partial charge in [-0.25, -0.2) is 0 Å². The van der Waals surface area contributed by atoms with Crippen molar-refractivity contribution in [1.82, 2.24) is 30.0 Å². The molecule has 0 aliphatic carbocycles. The zero-order valence-corrected chi connectivity index (χ0v) is 17.1. The van der Waals surface area contributed by atoms with E-state index < -0.39 is 0 Å². The van der Waals surface area contributed by atoms with Crippen molar-refractivity contribution in [1.29, 1.82) is 0 Å². The molecule has 0 saturated carbocycles. The largest absolute Gasteiger partial charge is 0.351 e. The molecule has 2 amide bonds. The Morgan fingerprint density at radius 3 is 2.81 bits per heavy atom. The first kappa shape index (κ1) is 19.0. The number of pyridine rings is 1. The second-order valence-electron chi connectivity index (χ2n) is 7.76. The highest BCUT2D eigenvalue weighted by Gasteiger charge is 2.30. The molecule has 0 fully saturated rings. The molecule has 8 heteroatoms. The van der Waals surface area contributed by atoms with Crippen LogP contribution in [0.5, 0.6) is 0 Å². The molecule has 2 N–H and O–H groups in total. The van der Waals surface area contributed by atoms with Crippen molar-refractivity contribution in [3.8, 4) is 0 Å². The van der Waals surface area contributed by atoms with E-state index in [1.807, 2.05) is 48.5 Å². The Hall–Kier alpha value is -3.94. The lowest BCUT2D eigenvalue weighted by molar-refractivity contribution is 0.0717. The Morgan fingerprint density at radius 1 is 1.16 bits per heavy atom. The van der Waals surface area contributed by atoms with Gasteiger partial charge < -0.3 is 14.8 Å². The van der Waals surface area contributed by atoms with Crippen molar-refractivity contribution < 1.29 is 9.59 Å². The molecular weight excluding hydrogens is 392 g/mol. The van der Waals surface area contributed by atoms with E-state index in [2.05, 4.69) is 20.2 Å². The normalized spacial score (nSPS) is 13.3. The average molecular weight is 414 g/mol. The predicted molar refractivity (Wildman–Crippen MR) is 115 cm³/mol. The van der Waals surface area contributed by atoms with Crippen LogP contribution < -0.4 is 0 Å². The van der Waals surface area contributed by atoms with Crippen molar-refractivity contribution in [2.45, 2.75) is 19.5 Å². The number of carbonyl (C=O) groups excluding carboxylic acids is 2. The molecule has 0 spiro atoms. The van der Waals surface area contributed by atoms with Gasteiger partial charge in [0.2, 0.25) is 0 Å². The third kappa shape index (κ3) is 3.56. The lowest BCUT2D eigenvalue weighted by Crippen LogP contribution is -2.37. The third-order valence-corrected chi connectivity index (χ3v) is 5.66. The molecule has 0 unspecified atom stereocenters. The molecule has 8 nitrogen and oxygen atoms in total. The zero-order valence-electron chi connectivity index (χ0n) is 17.1. The van der Waals surface area contributed by atoms with Gasteiger partial charge in [0.15, 0.2) is 5.69 Å². The van der Waals surface area contributed by atoms with E-state index >= 15 is 0 Å². The summed E-state index contributed by atoms with van der Waals surface area (Å²) in [6.45, 7) is 1.30. The van der Waals surface area contributed by atoms with Crippen LogP contribution in [-0.2, 0) is 19.5 Å². The number of benzene rings is 1. The first-order chi connectivity index (χ1) is 15.1. The van der Waals surface area contributed by atoms with Gasteiger partial charge in [-0.3, -0.25) is 19.7 Å². The Morgan fingerprint density at radius 2 is 2.00 bits per heavy atom. The lowest BCUT2D eigenvalue weighted by atomic mass is 10.0. The fourth-order valence-corrected chi connectivity index (χ4v) is 3.99. The van der Waals surface area contributed by atoms with Gasteiger partial charge in [0, 0.05) is 48.4 Å².